The van der Waals surface area contributed by atoms with E-state index in [1.165, 1.54) is 40.6 Å². The van der Waals surface area contributed by atoms with E-state index in [-0.39, 0.29) is 24.1 Å². The number of non-ortho nitro benzene ring substituents is 1. The number of thioether (sulfide) groups is 1. The average molecular weight is 597 g/mol. The molecule has 0 spiro atoms. The molecule has 2 N–H and O–H groups in total. The molecule has 4 aromatic rings. The standard InChI is InChI=1S/C25H18F6N6O3S/c26-24(27,28)16-10-17(25(29,30)31)12-18(11-16)33-22(38)32-13-21-34-35-23(41-14-15-4-2-1-3-5-15)36(21)19-6-8-20(9-7-19)37(39)40/h1-12H,13-14H2,(H2,32,33,38). The lowest BCUT2D eigenvalue weighted by molar-refractivity contribution is -0.384. The van der Waals surface area contributed by atoms with Crippen molar-refractivity contribution in [2.24, 2.45) is 0 Å². The molecule has 41 heavy (non-hydrogen) atoms. The summed E-state index contributed by atoms with van der Waals surface area (Å²) in [6, 6.07) is 14.4. The highest BCUT2D eigenvalue weighted by Gasteiger charge is 2.37. The van der Waals surface area contributed by atoms with Crippen LogP contribution in [0.1, 0.15) is 22.5 Å². The van der Waals surface area contributed by atoms with Crippen molar-refractivity contribution in [3.8, 4) is 5.69 Å². The lowest BCUT2D eigenvalue weighted by Gasteiger charge is -2.15. The van der Waals surface area contributed by atoms with Gasteiger partial charge in [-0.2, -0.15) is 26.3 Å². The minimum atomic E-state index is -5.08. The molecule has 1 aromatic heterocycles. The summed E-state index contributed by atoms with van der Waals surface area (Å²) in [6.45, 7) is -0.340. The number of carbonyl (C=O) groups excluding carboxylic acids is 1. The molecule has 16 heteroatoms. The second-order valence-corrected chi connectivity index (χ2v) is 9.33. The number of nitrogens with one attached hydrogen (secondary N) is 2. The lowest BCUT2D eigenvalue weighted by atomic mass is 10.1. The molecule has 0 aliphatic rings. The maximum atomic E-state index is 13.1. The second-order valence-electron chi connectivity index (χ2n) is 8.38. The van der Waals surface area contributed by atoms with E-state index in [2.05, 4.69) is 15.5 Å². The summed E-state index contributed by atoms with van der Waals surface area (Å²) in [7, 11) is 0. The molecule has 0 fully saturated rings. The van der Waals surface area contributed by atoms with Gasteiger partial charge in [0.15, 0.2) is 11.0 Å². The Morgan fingerprint density at radius 2 is 1.51 bits per heavy atom. The number of nitro benzene ring substituents is 1. The van der Waals surface area contributed by atoms with Gasteiger partial charge in [-0.15, -0.1) is 10.2 Å². The van der Waals surface area contributed by atoms with Gasteiger partial charge in [-0.1, -0.05) is 42.1 Å². The first-order valence-electron chi connectivity index (χ1n) is 11.5. The third kappa shape index (κ3) is 7.53. The van der Waals surface area contributed by atoms with Crippen LogP contribution in [-0.2, 0) is 24.7 Å². The third-order valence-electron chi connectivity index (χ3n) is 5.48. The molecule has 0 atom stereocenters. The molecule has 2 amide bonds. The van der Waals surface area contributed by atoms with Crippen molar-refractivity contribution in [3.05, 3.63) is 105 Å². The maximum absolute atomic E-state index is 13.1. The molecule has 0 saturated heterocycles. The van der Waals surface area contributed by atoms with E-state index in [0.29, 0.717) is 28.7 Å². The Bertz CT molecular complexity index is 1510. The van der Waals surface area contributed by atoms with E-state index in [4.69, 9.17) is 0 Å². The van der Waals surface area contributed by atoms with Crippen molar-refractivity contribution in [2.45, 2.75) is 29.8 Å². The van der Waals surface area contributed by atoms with E-state index in [9.17, 15) is 41.3 Å². The third-order valence-corrected chi connectivity index (χ3v) is 6.48. The van der Waals surface area contributed by atoms with Gasteiger partial charge in [0.2, 0.25) is 0 Å². The zero-order valence-corrected chi connectivity index (χ0v) is 21.3. The van der Waals surface area contributed by atoms with Gasteiger partial charge in [0.05, 0.1) is 22.6 Å². The van der Waals surface area contributed by atoms with Gasteiger partial charge in [-0.3, -0.25) is 14.7 Å². The number of alkyl halides is 6. The largest absolute Gasteiger partial charge is 0.416 e. The predicted octanol–water partition coefficient (Wildman–Crippen LogP) is 6.83. The van der Waals surface area contributed by atoms with Gasteiger partial charge in [0, 0.05) is 29.3 Å². The molecule has 9 nitrogen and oxygen atoms in total. The summed E-state index contributed by atoms with van der Waals surface area (Å²) in [5.74, 6) is 0.626. The van der Waals surface area contributed by atoms with E-state index in [0.717, 1.165) is 5.56 Å². The number of rotatable bonds is 8. The number of hydrogen-bond acceptors (Lipinski definition) is 6. The number of nitro groups is 1. The second kappa shape index (κ2) is 11.9. The van der Waals surface area contributed by atoms with Crippen LogP contribution in [-0.4, -0.2) is 25.7 Å². The highest BCUT2D eigenvalue weighted by atomic mass is 32.2. The van der Waals surface area contributed by atoms with Crippen molar-refractivity contribution in [3.63, 3.8) is 0 Å². The monoisotopic (exact) mass is 596 g/mol. The van der Waals surface area contributed by atoms with Crippen LogP contribution in [0.25, 0.3) is 5.69 Å². The van der Waals surface area contributed by atoms with Gasteiger partial charge < -0.3 is 10.6 Å². The number of halogens is 6. The molecule has 0 unspecified atom stereocenters. The molecule has 0 aliphatic heterocycles. The molecule has 214 valence electrons. The SMILES string of the molecule is O=C(NCc1nnc(SCc2ccccc2)n1-c1ccc([N+](=O)[O-])cc1)Nc1cc(C(F)(F)F)cc(C(F)(F)F)c1. The van der Waals surface area contributed by atoms with Crippen LogP contribution >= 0.6 is 11.8 Å². The number of anilines is 1. The summed E-state index contributed by atoms with van der Waals surface area (Å²) < 4.78 is 80.3. The molecule has 1 heterocycles. The molecular formula is C25H18F6N6O3S. The first-order valence-corrected chi connectivity index (χ1v) is 12.5. The van der Waals surface area contributed by atoms with Crippen LogP contribution < -0.4 is 10.6 Å². The molecule has 0 saturated carbocycles. The molecule has 0 bridgehead atoms. The number of amides is 2. The Morgan fingerprint density at radius 1 is 0.902 bits per heavy atom. The first-order chi connectivity index (χ1) is 19.3. The summed E-state index contributed by atoms with van der Waals surface area (Å²) >= 11 is 1.29. The van der Waals surface area contributed by atoms with Crippen molar-refractivity contribution in [2.75, 3.05) is 5.32 Å². The van der Waals surface area contributed by atoms with Crippen LogP contribution in [0.2, 0.25) is 0 Å². The fourth-order valence-electron chi connectivity index (χ4n) is 3.57. The van der Waals surface area contributed by atoms with Crippen molar-refractivity contribution in [1.29, 1.82) is 0 Å². The quantitative estimate of drug-likeness (QED) is 0.0998. The van der Waals surface area contributed by atoms with Crippen molar-refractivity contribution < 1.29 is 36.1 Å². The van der Waals surface area contributed by atoms with Crippen LogP contribution in [0, 0.1) is 10.1 Å². The summed E-state index contributed by atoms with van der Waals surface area (Å²) in [6.07, 6.45) is -10.2. The fourth-order valence-corrected chi connectivity index (χ4v) is 4.50. The molecular weight excluding hydrogens is 578 g/mol. The Balaban J connectivity index is 1.56. The molecule has 3 aromatic carbocycles. The predicted molar refractivity (Wildman–Crippen MR) is 136 cm³/mol. The van der Waals surface area contributed by atoms with Crippen LogP contribution in [0.3, 0.4) is 0 Å². The smallest absolute Gasteiger partial charge is 0.331 e. The van der Waals surface area contributed by atoms with Crippen LogP contribution in [0.5, 0.6) is 0 Å². The number of carbonyl (C=O) groups is 1. The maximum Gasteiger partial charge on any atom is 0.416 e. The van der Waals surface area contributed by atoms with Gasteiger partial charge in [0.1, 0.15) is 0 Å². The van der Waals surface area contributed by atoms with E-state index in [1.807, 2.05) is 35.6 Å². The van der Waals surface area contributed by atoms with Gasteiger partial charge in [-0.25, -0.2) is 4.79 Å². The Hall–Kier alpha value is -4.60. The van der Waals surface area contributed by atoms with Gasteiger partial charge >= 0.3 is 18.4 Å². The molecule has 0 aliphatic carbocycles. The van der Waals surface area contributed by atoms with E-state index in [1.54, 1.807) is 0 Å². The number of benzene rings is 3. The number of aromatic nitrogens is 3. The minimum absolute atomic E-state index is 0.0512. The molecule has 4 rings (SSSR count). The van der Waals surface area contributed by atoms with E-state index >= 15 is 0 Å². The average Bonchev–Trinajstić information content (AvgIpc) is 3.33. The number of nitrogens with zero attached hydrogens (tertiary/aromatic N) is 4. The van der Waals surface area contributed by atoms with Gasteiger partial charge in [-0.05, 0) is 35.9 Å². The summed E-state index contributed by atoms with van der Waals surface area (Å²) in [5, 5.41) is 23.9. The highest BCUT2D eigenvalue weighted by molar-refractivity contribution is 7.98. The highest BCUT2D eigenvalue weighted by Crippen LogP contribution is 2.37. The number of hydrogen-bond donors (Lipinski definition) is 2. The fraction of sp³-hybridized carbons (Fsp3) is 0.160. The Labute approximate surface area is 231 Å². The van der Waals surface area contributed by atoms with Gasteiger partial charge in [0.25, 0.3) is 5.69 Å². The minimum Gasteiger partial charge on any atom is -0.331 e. The zero-order valence-electron chi connectivity index (χ0n) is 20.5. The van der Waals surface area contributed by atoms with Crippen LogP contribution in [0.15, 0.2) is 78.0 Å². The summed E-state index contributed by atoms with van der Waals surface area (Å²) in [4.78, 5) is 23.0. The number of urea groups is 1. The topological polar surface area (TPSA) is 115 Å². The van der Waals surface area contributed by atoms with E-state index < -0.39 is 40.1 Å². The zero-order chi connectivity index (χ0) is 29.8. The molecule has 0 radical (unpaired) electrons. The summed E-state index contributed by atoms with van der Waals surface area (Å²) in [5.41, 5.74) is -2.67. The van der Waals surface area contributed by atoms with Crippen molar-refractivity contribution in [1.82, 2.24) is 20.1 Å². The Morgan fingerprint density at radius 3 is 2.07 bits per heavy atom. The van der Waals surface area contributed by atoms with Crippen LogP contribution in [0.4, 0.5) is 42.5 Å². The first kappa shape index (κ1) is 29.4. The Kier molecular flexibility index (Phi) is 8.51. The van der Waals surface area contributed by atoms with Crippen molar-refractivity contribution >= 4 is 29.2 Å². The lowest BCUT2D eigenvalue weighted by Crippen LogP contribution is -2.29. The normalized spacial score (nSPS) is 11.8.